The highest BCUT2D eigenvalue weighted by molar-refractivity contribution is 7.07. The third-order valence-corrected chi connectivity index (χ3v) is 2.38. The summed E-state index contributed by atoms with van der Waals surface area (Å²) in [5.41, 5.74) is 0.682. The summed E-state index contributed by atoms with van der Waals surface area (Å²) in [4.78, 5) is 0. The Balaban J connectivity index is 2.49. The summed E-state index contributed by atoms with van der Waals surface area (Å²) in [7, 11) is 0. The van der Waals surface area contributed by atoms with Gasteiger partial charge in [-0.05, 0) is 22.4 Å². The number of halogens is 3. The number of aliphatic hydroxyl groups is 1. The highest BCUT2D eigenvalue weighted by Crippen LogP contribution is 2.18. The van der Waals surface area contributed by atoms with Crippen LogP contribution >= 0.6 is 11.3 Å². The van der Waals surface area contributed by atoms with Gasteiger partial charge in [0.25, 0.3) is 0 Å². The summed E-state index contributed by atoms with van der Waals surface area (Å²) in [6, 6.07) is 1.05. The zero-order valence-electron chi connectivity index (χ0n) is 7.21. The number of thiophene rings is 1. The van der Waals surface area contributed by atoms with Crippen LogP contribution in [0.1, 0.15) is 11.6 Å². The fraction of sp³-hybridized carbons (Fsp3) is 0.500. The second kappa shape index (κ2) is 4.77. The Morgan fingerprint density at radius 1 is 1.50 bits per heavy atom. The smallest absolute Gasteiger partial charge is 0.394 e. The molecule has 0 spiro atoms. The van der Waals surface area contributed by atoms with Crippen LogP contribution in [0.5, 0.6) is 0 Å². The normalized spacial score (nSPS) is 14.3. The molecule has 0 aliphatic heterocycles. The van der Waals surface area contributed by atoms with Gasteiger partial charge in [-0.25, -0.2) is 0 Å². The molecule has 14 heavy (non-hydrogen) atoms. The summed E-state index contributed by atoms with van der Waals surface area (Å²) >= 11 is 1.38. The Kier molecular flexibility index (Phi) is 3.91. The van der Waals surface area contributed by atoms with E-state index < -0.39 is 18.8 Å². The Bertz CT molecular complexity index is 260. The van der Waals surface area contributed by atoms with Crippen molar-refractivity contribution in [3.63, 3.8) is 0 Å². The van der Waals surface area contributed by atoms with Crippen LogP contribution in [-0.4, -0.2) is 24.4 Å². The predicted molar refractivity (Wildman–Crippen MR) is 48.2 cm³/mol. The largest absolute Gasteiger partial charge is 0.401 e. The number of aliphatic hydroxyl groups excluding tert-OH is 1. The van der Waals surface area contributed by atoms with Crippen molar-refractivity contribution < 1.29 is 18.3 Å². The molecule has 0 saturated heterocycles. The number of rotatable bonds is 4. The summed E-state index contributed by atoms with van der Waals surface area (Å²) in [6.45, 7) is -1.43. The fourth-order valence-corrected chi connectivity index (χ4v) is 1.71. The van der Waals surface area contributed by atoms with Gasteiger partial charge in [-0.15, -0.1) is 0 Å². The van der Waals surface area contributed by atoms with Gasteiger partial charge in [0.15, 0.2) is 0 Å². The van der Waals surface area contributed by atoms with Crippen molar-refractivity contribution in [2.75, 3.05) is 13.2 Å². The molecule has 1 aromatic rings. The molecule has 1 heterocycles. The Labute approximate surface area is 83.4 Å². The van der Waals surface area contributed by atoms with E-state index in [1.165, 1.54) is 11.3 Å². The highest BCUT2D eigenvalue weighted by Gasteiger charge is 2.28. The second-order valence-electron chi connectivity index (χ2n) is 2.79. The first-order valence-electron chi connectivity index (χ1n) is 3.96. The van der Waals surface area contributed by atoms with E-state index >= 15 is 0 Å². The van der Waals surface area contributed by atoms with Crippen molar-refractivity contribution in [2.45, 2.75) is 12.2 Å². The van der Waals surface area contributed by atoms with Crippen LogP contribution in [-0.2, 0) is 0 Å². The first-order valence-corrected chi connectivity index (χ1v) is 4.90. The SMILES string of the molecule is OC[C@H](NCC(F)(F)F)c1ccsc1. The van der Waals surface area contributed by atoms with Crippen molar-refractivity contribution in [1.82, 2.24) is 5.32 Å². The summed E-state index contributed by atoms with van der Waals surface area (Å²) < 4.78 is 35.6. The molecular weight excluding hydrogens is 215 g/mol. The average Bonchev–Trinajstić information content (AvgIpc) is 2.56. The van der Waals surface area contributed by atoms with Gasteiger partial charge in [-0.2, -0.15) is 24.5 Å². The van der Waals surface area contributed by atoms with Crippen molar-refractivity contribution >= 4 is 11.3 Å². The molecule has 0 fully saturated rings. The van der Waals surface area contributed by atoms with Crippen molar-refractivity contribution in [2.24, 2.45) is 0 Å². The maximum Gasteiger partial charge on any atom is 0.401 e. The fourth-order valence-electron chi connectivity index (χ4n) is 1.00. The summed E-state index contributed by atoms with van der Waals surface area (Å²) in [5.74, 6) is 0. The molecule has 0 saturated carbocycles. The molecule has 2 nitrogen and oxygen atoms in total. The highest BCUT2D eigenvalue weighted by atomic mass is 32.1. The van der Waals surface area contributed by atoms with E-state index in [2.05, 4.69) is 5.32 Å². The molecule has 1 rings (SSSR count). The lowest BCUT2D eigenvalue weighted by molar-refractivity contribution is -0.126. The van der Waals surface area contributed by atoms with E-state index in [4.69, 9.17) is 5.11 Å². The summed E-state index contributed by atoms with van der Waals surface area (Å²) in [6.07, 6.45) is -4.25. The molecular formula is C8H10F3NOS. The van der Waals surface area contributed by atoms with Crippen LogP contribution in [0, 0.1) is 0 Å². The van der Waals surface area contributed by atoms with E-state index in [0.717, 1.165) is 0 Å². The van der Waals surface area contributed by atoms with Gasteiger partial charge in [0.2, 0.25) is 0 Å². The zero-order valence-corrected chi connectivity index (χ0v) is 8.03. The molecule has 0 aliphatic carbocycles. The van der Waals surface area contributed by atoms with Crippen LogP contribution in [0.3, 0.4) is 0 Å². The van der Waals surface area contributed by atoms with Gasteiger partial charge in [0, 0.05) is 0 Å². The first kappa shape index (κ1) is 11.5. The van der Waals surface area contributed by atoms with Crippen molar-refractivity contribution in [3.05, 3.63) is 22.4 Å². The second-order valence-corrected chi connectivity index (χ2v) is 3.57. The molecule has 0 unspecified atom stereocenters. The molecule has 0 bridgehead atoms. The molecule has 0 radical (unpaired) electrons. The Hall–Kier alpha value is -0.590. The molecule has 0 aliphatic rings. The summed E-state index contributed by atoms with van der Waals surface area (Å²) in [5, 5.41) is 14.6. The minimum Gasteiger partial charge on any atom is -0.394 e. The van der Waals surface area contributed by atoms with Gasteiger partial charge in [-0.1, -0.05) is 0 Å². The van der Waals surface area contributed by atoms with Gasteiger partial charge in [-0.3, -0.25) is 5.32 Å². The Morgan fingerprint density at radius 3 is 2.64 bits per heavy atom. The van der Waals surface area contributed by atoms with Gasteiger partial charge in [0.1, 0.15) is 0 Å². The average molecular weight is 225 g/mol. The van der Waals surface area contributed by atoms with E-state index in [-0.39, 0.29) is 6.61 Å². The predicted octanol–water partition coefficient (Wildman–Crippen LogP) is 1.93. The third kappa shape index (κ3) is 3.65. The van der Waals surface area contributed by atoms with Crippen molar-refractivity contribution in [1.29, 1.82) is 0 Å². The molecule has 0 amide bonds. The van der Waals surface area contributed by atoms with E-state index in [1.54, 1.807) is 16.8 Å². The lowest BCUT2D eigenvalue weighted by Gasteiger charge is -2.16. The van der Waals surface area contributed by atoms with E-state index in [0.29, 0.717) is 5.56 Å². The molecule has 6 heteroatoms. The number of hydrogen-bond donors (Lipinski definition) is 2. The van der Waals surface area contributed by atoms with Gasteiger partial charge < -0.3 is 5.11 Å². The van der Waals surface area contributed by atoms with Gasteiger partial charge in [0.05, 0.1) is 19.2 Å². The number of alkyl halides is 3. The maximum atomic E-state index is 11.9. The monoisotopic (exact) mass is 225 g/mol. The molecule has 1 aromatic heterocycles. The van der Waals surface area contributed by atoms with Crippen LogP contribution < -0.4 is 5.32 Å². The van der Waals surface area contributed by atoms with Crippen LogP contribution in [0.25, 0.3) is 0 Å². The zero-order chi connectivity index (χ0) is 10.6. The van der Waals surface area contributed by atoms with E-state index in [9.17, 15) is 13.2 Å². The van der Waals surface area contributed by atoms with Crippen LogP contribution in [0.2, 0.25) is 0 Å². The Morgan fingerprint density at radius 2 is 2.21 bits per heavy atom. The van der Waals surface area contributed by atoms with Gasteiger partial charge >= 0.3 is 6.18 Å². The number of hydrogen-bond acceptors (Lipinski definition) is 3. The standard InChI is InChI=1S/C8H10F3NOS/c9-8(10,11)5-12-7(3-13)6-1-2-14-4-6/h1-2,4,7,12-13H,3,5H2/t7-/m0/s1. The quantitative estimate of drug-likeness (QED) is 0.820. The number of nitrogens with one attached hydrogen (secondary N) is 1. The first-order chi connectivity index (χ1) is 6.53. The minimum atomic E-state index is -4.25. The van der Waals surface area contributed by atoms with Crippen LogP contribution in [0.4, 0.5) is 13.2 Å². The lowest BCUT2D eigenvalue weighted by Crippen LogP contribution is -2.33. The lowest BCUT2D eigenvalue weighted by atomic mass is 10.1. The molecule has 80 valence electrons. The minimum absolute atomic E-state index is 0.340. The molecule has 0 aromatic carbocycles. The molecule has 1 atom stereocenters. The maximum absolute atomic E-state index is 11.9. The third-order valence-electron chi connectivity index (χ3n) is 1.68. The topological polar surface area (TPSA) is 32.3 Å². The van der Waals surface area contributed by atoms with Crippen LogP contribution in [0.15, 0.2) is 16.8 Å². The van der Waals surface area contributed by atoms with E-state index in [1.807, 2.05) is 0 Å². The van der Waals surface area contributed by atoms with Crippen molar-refractivity contribution in [3.8, 4) is 0 Å². The molecule has 2 N–H and O–H groups in total.